The van der Waals surface area contributed by atoms with Crippen LogP contribution in [0.25, 0.3) is 10.2 Å². The Morgan fingerprint density at radius 1 is 1.31 bits per heavy atom. The molecule has 3 aromatic rings. The Hall–Kier alpha value is -3.00. The number of likely N-dealkylation sites (N-methyl/N-ethyl adjacent to an activating group) is 1. The van der Waals surface area contributed by atoms with E-state index in [4.69, 9.17) is 10.5 Å². The molecule has 3 rings (SSSR count). The summed E-state index contributed by atoms with van der Waals surface area (Å²) >= 11 is 1.15. The van der Waals surface area contributed by atoms with Crippen LogP contribution in [0.4, 0.5) is 10.1 Å². The second-order valence-corrected chi connectivity index (χ2v) is 7.98. The quantitative estimate of drug-likeness (QED) is 0.640. The van der Waals surface area contributed by atoms with Crippen molar-refractivity contribution in [1.82, 2.24) is 9.88 Å². The third-order valence-corrected chi connectivity index (χ3v) is 5.61. The zero-order valence-electron chi connectivity index (χ0n) is 16.7. The van der Waals surface area contributed by atoms with Crippen molar-refractivity contribution in [2.24, 2.45) is 0 Å². The molecule has 0 saturated carbocycles. The Bertz CT molecular complexity index is 1100. The number of thiophene rings is 1. The number of carbonyl (C=O) groups excluding carboxylic acids is 2. The molecule has 1 atom stereocenters. The summed E-state index contributed by atoms with van der Waals surface area (Å²) in [6, 6.07) is 7.89. The van der Waals surface area contributed by atoms with E-state index in [-0.39, 0.29) is 17.2 Å². The third kappa shape index (κ3) is 4.37. The van der Waals surface area contributed by atoms with Crippen LogP contribution in [0.5, 0.6) is 0 Å². The standard InChI is InChI=1S/C21H22FN3O3S/c1-11-8-12(2)24-19-16(11)17(23)18(29-19)21(27)28-13(3)20(26)25(4)10-14-6-5-7-15(22)9-14/h5-9,13H,10,23H2,1-4H3/t13-/m1/s1. The minimum absolute atomic E-state index is 0.200. The summed E-state index contributed by atoms with van der Waals surface area (Å²) in [6.45, 7) is 5.48. The molecule has 1 aromatic carbocycles. The van der Waals surface area contributed by atoms with Crippen molar-refractivity contribution in [1.29, 1.82) is 0 Å². The lowest BCUT2D eigenvalue weighted by Gasteiger charge is -2.21. The maximum absolute atomic E-state index is 13.3. The second kappa shape index (κ2) is 8.16. The smallest absolute Gasteiger partial charge is 0.351 e. The zero-order chi connectivity index (χ0) is 21.3. The van der Waals surface area contributed by atoms with Crippen LogP contribution in [0, 0.1) is 19.7 Å². The lowest BCUT2D eigenvalue weighted by molar-refractivity contribution is -0.139. The number of rotatable bonds is 5. The second-order valence-electron chi connectivity index (χ2n) is 6.98. The van der Waals surface area contributed by atoms with E-state index in [0.717, 1.165) is 28.0 Å². The van der Waals surface area contributed by atoms with Crippen molar-refractivity contribution in [3.05, 3.63) is 57.8 Å². The number of aromatic nitrogens is 1. The number of aryl methyl sites for hydroxylation is 2. The van der Waals surface area contributed by atoms with Crippen LogP contribution in [0.1, 0.15) is 33.4 Å². The number of nitrogens with two attached hydrogens (primary N) is 1. The summed E-state index contributed by atoms with van der Waals surface area (Å²) in [5.74, 6) is -1.43. The average molecular weight is 415 g/mol. The first-order valence-electron chi connectivity index (χ1n) is 9.04. The van der Waals surface area contributed by atoms with E-state index in [1.165, 1.54) is 24.0 Å². The Labute approximate surface area is 172 Å². The number of hydrogen-bond acceptors (Lipinski definition) is 6. The first-order chi connectivity index (χ1) is 13.7. The molecule has 0 aliphatic heterocycles. The highest BCUT2D eigenvalue weighted by atomic mass is 32.1. The Morgan fingerprint density at radius 3 is 2.72 bits per heavy atom. The number of hydrogen-bond donors (Lipinski definition) is 1. The molecular formula is C21H22FN3O3S. The summed E-state index contributed by atoms with van der Waals surface area (Å²) in [5.41, 5.74) is 8.88. The number of ether oxygens (including phenoxy) is 1. The van der Waals surface area contributed by atoms with Crippen LogP contribution in [-0.4, -0.2) is 34.9 Å². The van der Waals surface area contributed by atoms with Gasteiger partial charge in [0.15, 0.2) is 6.10 Å². The number of nitrogens with zero attached hydrogens (tertiary/aromatic N) is 2. The minimum atomic E-state index is -1.01. The summed E-state index contributed by atoms with van der Waals surface area (Å²) in [4.78, 5) is 31.9. The SMILES string of the molecule is Cc1cc(C)c2c(N)c(C(=O)O[C@H](C)C(=O)N(C)Cc3cccc(F)c3)sc2n1. The molecule has 2 N–H and O–H groups in total. The Morgan fingerprint density at radius 2 is 2.03 bits per heavy atom. The molecular weight excluding hydrogens is 393 g/mol. The van der Waals surface area contributed by atoms with E-state index in [9.17, 15) is 14.0 Å². The zero-order valence-corrected chi connectivity index (χ0v) is 17.5. The topological polar surface area (TPSA) is 85.5 Å². The van der Waals surface area contributed by atoms with Crippen LogP contribution < -0.4 is 5.73 Å². The average Bonchev–Trinajstić information content (AvgIpc) is 2.97. The third-order valence-electron chi connectivity index (χ3n) is 4.53. The van der Waals surface area contributed by atoms with Crippen LogP contribution in [0.15, 0.2) is 30.3 Å². The van der Waals surface area contributed by atoms with Gasteiger partial charge in [-0.1, -0.05) is 12.1 Å². The summed E-state index contributed by atoms with van der Waals surface area (Å²) < 4.78 is 18.7. The lowest BCUT2D eigenvalue weighted by Crippen LogP contribution is -2.37. The van der Waals surface area contributed by atoms with Gasteiger partial charge in [0.05, 0.1) is 5.69 Å². The van der Waals surface area contributed by atoms with E-state index in [1.807, 2.05) is 19.9 Å². The number of pyridine rings is 1. The van der Waals surface area contributed by atoms with Crippen molar-refractivity contribution in [3.8, 4) is 0 Å². The first kappa shape index (κ1) is 20.7. The van der Waals surface area contributed by atoms with Gasteiger partial charge >= 0.3 is 5.97 Å². The number of benzene rings is 1. The van der Waals surface area contributed by atoms with Gasteiger partial charge in [-0.05, 0) is 50.1 Å². The van der Waals surface area contributed by atoms with Gasteiger partial charge in [-0.25, -0.2) is 14.2 Å². The predicted octanol–water partition coefficient (Wildman–Crippen LogP) is 3.84. The van der Waals surface area contributed by atoms with Crippen molar-refractivity contribution in [2.75, 3.05) is 12.8 Å². The van der Waals surface area contributed by atoms with Crippen molar-refractivity contribution in [3.63, 3.8) is 0 Å². The molecule has 0 aliphatic rings. The predicted molar refractivity (Wildman–Crippen MR) is 111 cm³/mol. The molecule has 0 bridgehead atoms. The molecule has 1 amide bonds. The molecule has 2 aromatic heterocycles. The molecule has 8 heteroatoms. The fourth-order valence-corrected chi connectivity index (χ4v) is 4.28. The van der Waals surface area contributed by atoms with Gasteiger partial charge in [0.25, 0.3) is 5.91 Å². The molecule has 0 aliphatic carbocycles. The summed E-state index contributed by atoms with van der Waals surface area (Å²) in [7, 11) is 1.57. The Balaban J connectivity index is 1.73. The van der Waals surface area contributed by atoms with Gasteiger partial charge in [-0.2, -0.15) is 0 Å². The summed E-state index contributed by atoms with van der Waals surface area (Å²) in [5, 5.41) is 0.731. The molecule has 2 heterocycles. The number of carbonyl (C=O) groups is 2. The molecule has 0 spiro atoms. The van der Waals surface area contributed by atoms with Gasteiger partial charge in [-0.15, -0.1) is 11.3 Å². The van der Waals surface area contributed by atoms with Gasteiger partial charge in [-0.3, -0.25) is 4.79 Å². The molecule has 0 unspecified atom stereocenters. The van der Waals surface area contributed by atoms with E-state index >= 15 is 0 Å². The van der Waals surface area contributed by atoms with Crippen molar-refractivity contribution < 1.29 is 18.7 Å². The van der Waals surface area contributed by atoms with E-state index < -0.39 is 18.0 Å². The van der Waals surface area contributed by atoms with Gasteiger partial charge in [0, 0.05) is 24.7 Å². The molecule has 0 fully saturated rings. The number of halogens is 1. The molecule has 29 heavy (non-hydrogen) atoms. The summed E-state index contributed by atoms with van der Waals surface area (Å²) in [6.07, 6.45) is -1.01. The molecule has 6 nitrogen and oxygen atoms in total. The number of fused-ring (bicyclic) bond motifs is 1. The monoisotopic (exact) mass is 415 g/mol. The van der Waals surface area contributed by atoms with Gasteiger partial charge in [0.2, 0.25) is 0 Å². The van der Waals surface area contributed by atoms with E-state index in [0.29, 0.717) is 16.1 Å². The van der Waals surface area contributed by atoms with Crippen molar-refractivity contribution in [2.45, 2.75) is 33.4 Å². The normalized spacial score (nSPS) is 12.0. The number of amides is 1. The lowest BCUT2D eigenvalue weighted by atomic mass is 10.1. The molecule has 0 saturated heterocycles. The van der Waals surface area contributed by atoms with Crippen LogP contribution in [-0.2, 0) is 16.1 Å². The minimum Gasteiger partial charge on any atom is -0.448 e. The number of esters is 1. The maximum Gasteiger partial charge on any atom is 0.351 e. The van der Waals surface area contributed by atoms with Crippen LogP contribution in [0.3, 0.4) is 0 Å². The highest BCUT2D eigenvalue weighted by Crippen LogP contribution is 2.35. The first-order valence-corrected chi connectivity index (χ1v) is 9.85. The number of anilines is 1. The molecule has 0 radical (unpaired) electrons. The molecule has 152 valence electrons. The Kier molecular flexibility index (Phi) is 5.83. The van der Waals surface area contributed by atoms with Gasteiger partial charge < -0.3 is 15.4 Å². The maximum atomic E-state index is 13.3. The van der Waals surface area contributed by atoms with Crippen LogP contribution >= 0.6 is 11.3 Å². The van der Waals surface area contributed by atoms with Crippen LogP contribution in [0.2, 0.25) is 0 Å². The fourth-order valence-electron chi connectivity index (χ4n) is 3.18. The van der Waals surface area contributed by atoms with Crippen molar-refractivity contribution >= 4 is 39.1 Å². The van der Waals surface area contributed by atoms with Gasteiger partial charge in [0.1, 0.15) is 15.5 Å². The van der Waals surface area contributed by atoms with E-state index in [1.54, 1.807) is 19.2 Å². The fraction of sp³-hybridized carbons (Fsp3) is 0.286. The highest BCUT2D eigenvalue weighted by Gasteiger charge is 2.26. The largest absolute Gasteiger partial charge is 0.448 e. The number of nitrogen functional groups attached to an aromatic ring is 1. The van der Waals surface area contributed by atoms with E-state index in [2.05, 4.69) is 4.98 Å². The highest BCUT2D eigenvalue weighted by molar-refractivity contribution is 7.21.